The number of esters is 6. The van der Waals surface area contributed by atoms with Gasteiger partial charge in [0.15, 0.2) is 0 Å². The molecule has 16 nitrogen and oxygen atoms in total. The van der Waals surface area contributed by atoms with Crippen LogP contribution in [0.4, 0.5) is 0 Å². The number of hydrogen-bond donors (Lipinski definition) is 0. The summed E-state index contributed by atoms with van der Waals surface area (Å²) in [7, 11) is 1.75. The molecule has 13 fully saturated rings. The van der Waals surface area contributed by atoms with Gasteiger partial charge in [-0.05, 0) is 328 Å². The van der Waals surface area contributed by atoms with E-state index in [2.05, 4.69) is 111 Å². The van der Waals surface area contributed by atoms with Gasteiger partial charge in [0.2, 0.25) is 0 Å². The second-order valence-electron chi connectivity index (χ2n) is 39.4. The predicted molar refractivity (Wildman–Crippen MR) is 523 cm³/mol. The molecule has 16 heteroatoms. The van der Waals surface area contributed by atoms with Crippen molar-refractivity contribution in [1.29, 1.82) is 0 Å². The third kappa shape index (κ3) is 30.3. The zero-order valence-corrected chi connectivity index (χ0v) is 76.3. The van der Waals surface area contributed by atoms with Gasteiger partial charge in [-0.2, -0.15) is 0 Å². The van der Waals surface area contributed by atoms with Crippen LogP contribution in [0.5, 0.6) is 0 Å². The Kier molecular flexibility index (Phi) is 57.4. The van der Waals surface area contributed by atoms with Gasteiger partial charge in [-0.1, -0.05) is 217 Å². The molecule has 13 rings (SSSR count). The summed E-state index contributed by atoms with van der Waals surface area (Å²) >= 11 is 0. The maximum atomic E-state index is 13.7. The normalized spacial score (nSPS) is 34.3. The van der Waals surface area contributed by atoms with Gasteiger partial charge in [0.1, 0.15) is 33.6 Å². The summed E-state index contributed by atoms with van der Waals surface area (Å²) in [6, 6.07) is 0. The topological polar surface area (TPSA) is 195 Å². The van der Waals surface area contributed by atoms with Crippen LogP contribution >= 0.6 is 0 Å². The van der Waals surface area contributed by atoms with Gasteiger partial charge in [-0.3, -0.25) is 28.8 Å². The molecule has 0 aromatic rings. The minimum atomic E-state index is -0.334. The molecule has 23 atom stereocenters. The fourth-order valence-corrected chi connectivity index (χ4v) is 25.7. The van der Waals surface area contributed by atoms with Crippen LogP contribution in [-0.2, 0) is 76.1 Å². The van der Waals surface area contributed by atoms with E-state index in [0.29, 0.717) is 73.1 Å². The predicted octanol–water partition coefficient (Wildman–Crippen LogP) is 30.4. The lowest BCUT2D eigenvalue weighted by Gasteiger charge is -2.38. The number of methoxy groups -OCH3 is 1. The van der Waals surface area contributed by atoms with Crippen molar-refractivity contribution in [2.24, 2.45) is 88.8 Å². The zero-order chi connectivity index (χ0) is 83.3. The number of hydrogen-bond acceptors (Lipinski definition) is 16. The van der Waals surface area contributed by atoms with Crippen LogP contribution in [0.2, 0.25) is 0 Å². The summed E-state index contributed by atoms with van der Waals surface area (Å²) in [4.78, 5) is 77.8. The number of carbonyl (C=O) groups excluding carboxylic acids is 6. The van der Waals surface area contributed by atoms with Gasteiger partial charge in [-0.15, -0.1) is 0 Å². The Hall–Kier alpha value is -3.34. The van der Waals surface area contributed by atoms with Crippen molar-refractivity contribution in [3.63, 3.8) is 0 Å². The SMILES string of the molecule is C.C.C.C.C.C.C.C.C.C.CCC1CC(C(=O)OC2(CC)CCCC2)C(CC)O1.CCC1CC(CC(=O)OC2(CC)CC3CCC2C3)C(CC)O1.CCC1CC(CC(=O)OC2(CC)CCCCC2)C(CC)O1.CCC1CC(CC)C(C(=O)OC2(CC)CC3CCC2C3)C1C(=O)OC1(CC)CCCC1.CCC1CC(CC)C(C(=O)OC2(CC)CCCC2)C1COC. The smallest absolute Gasteiger partial charge is 0.312 e. The fourth-order valence-electron chi connectivity index (χ4n) is 25.7. The summed E-state index contributed by atoms with van der Waals surface area (Å²) in [5.74, 6) is 4.42. The molecule has 10 saturated carbocycles. The van der Waals surface area contributed by atoms with Gasteiger partial charge in [-0.25, -0.2) is 0 Å². The first-order valence-electron chi connectivity index (χ1n) is 49.2. The molecule has 3 heterocycles. The first kappa shape index (κ1) is 124. The van der Waals surface area contributed by atoms with Crippen molar-refractivity contribution in [3.05, 3.63) is 0 Å². The Morgan fingerprint density at radius 1 is 0.296 bits per heavy atom. The molecule has 3 aliphatic heterocycles. The van der Waals surface area contributed by atoms with Crippen LogP contribution in [0.15, 0.2) is 0 Å². The molecule has 0 spiro atoms. The molecule has 3 saturated heterocycles. The van der Waals surface area contributed by atoms with Crippen molar-refractivity contribution >= 4 is 35.8 Å². The lowest BCUT2D eigenvalue weighted by atomic mass is 9.81. The van der Waals surface area contributed by atoms with Crippen LogP contribution in [0.1, 0.15) is 493 Å². The Balaban J connectivity index is 0. The maximum Gasteiger partial charge on any atom is 0.312 e. The Morgan fingerprint density at radius 3 is 0.952 bits per heavy atom. The standard InChI is InChI=1S/C27H44O4.C19H32O3.C19H34O3.C18H32O3.C16H28O3.10CH4/c1-5-19-16-20(6-2)23(22(19)24(28)30-26(7-3)13-9-10-14-26)25(29)31-27(8-4)17-18-11-12-21(27)15-18;1-4-16-10-14(17(5-2)21-16)11-18(20)22-19(6-3)12-13-7-8-15(19)9-13;1-5-14-12-15(6-2)17(16(14)13-21-4)18(20)22-19(7-3)10-8-9-11-19;1-4-15-12-14(16(5-2)20-15)13-17(19)21-18(6-3)10-8-7-9-11-18;1-4-12-11-13(14(5-2)18-12)15(17)19-16(6-3)9-7-8-10-16;;;;;;;;;;/h18-23H,5-17H2,1-4H3;13-17H,4-12H2,1-3H3;14-17H,5-13H2,1-4H3;14-16H,4-13H2,1-3H3;12-14H,4-11H2,1-3H3;10*1H4. The molecule has 10 aliphatic carbocycles. The Morgan fingerprint density at radius 2 is 0.616 bits per heavy atom. The molecule has 4 bridgehead atoms. The van der Waals surface area contributed by atoms with E-state index in [4.69, 9.17) is 47.4 Å². The quantitative estimate of drug-likeness (QED) is 0.0455. The lowest BCUT2D eigenvalue weighted by Crippen LogP contribution is -2.45. The first-order chi connectivity index (χ1) is 55.4. The Bertz CT molecular complexity index is 2960. The van der Waals surface area contributed by atoms with E-state index in [-0.39, 0.29) is 204 Å². The van der Waals surface area contributed by atoms with E-state index < -0.39 is 0 Å². The third-order valence-electron chi connectivity index (χ3n) is 33.3. The van der Waals surface area contributed by atoms with E-state index in [1.807, 2.05) is 0 Å². The van der Waals surface area contributed by atoms with E-state index in [0.717, 1.165) is 224 Å². The number of fused-ring (bicyclic) bond motifs is 4. The fraction of sp³-hybridized carbons (Fsp3) is 0.945. The number of ether oxygens (including phenoxy) is 10. The highest BCUT2D eigenvalue weighted by Gasteiger charge is 2.59. The van der Waals surface area contributed by atoms with E-state index in [9.17, 15) is 28.8 Å². The Labute approximate surface area is 773 Å². The number of carbonyl (C=O) groups is 6. The summed E-state index contributed by atoms with van der Waals surface area (Å²) in [5, 5.41) is 0. The van der Waals surface area contributed by atoms with Gasteiger partial charge in [0.25, 0.3) is 0 Å². The molecule has 0 aromatic heterocycles. The molecule has 13 aliphatic rings. The largest absolute Gasteiger partial charge is 0.459 e. The minimum absolute atomic E-state index is 0. The highest BCUT2D eigenvalue weighted by Crippen LogP contribution is 2.58. The van der Waals surface area contributed by atoms with Crippen LogP contribution in [0, 0.1) is 88.8 Å². The minimum Gasteiger partial charge on any atom is -0.459 e. The second-order valence-corrected chi connectivity index (χ2v) is 39.4. The van der Waals surface area contributed by atoms with Crippen LogP contribution < -0.4 is 0 Å². The highest BCUT2D eigenvalue weighted by atomic mass is 16.6. The van der Waals surface area contributed by atoms with E-state index in [1.54, 1.807) is 7.11 Å². The van der Waals surface area contributed by atoms with E-state index in [1.165, 1.54) is 83.5 Å². The molecule has 0 amide bonds. The summed E-state index contributed by atoms with van der Waals surface area (Å²) in [5.41, 5.74) is -1.22. The second kappa shape index (κ2) is 58.0. The van der Waals surface area contributed by atoms with Crippen molar-refractivity contribution in [3.8, 4) is 0 Å². The monoisotopic (exact) mass is 1780 g/mol. The van der Waals surface area contributed by atoms with Gasteiger partial charge in [0, 0.05) is 7.11 Å². The van der Waals surface area contributed by atoms with E-state index >= 15 is 0 Å². The number of rotatable bonds is 32. The molecular weight excluding hydrogens is 1570 g/mol. The van der Waals surface area contributed by atoms with Crippen molar-refractivity contribution in [1.82, 2.24) is 0 Å². The molecule has 0 aromatic carbocycles. The van der Waals surface area contributed by atoms with Gasteiger partial charge < -0.3 is 47.4 Å². The van der Waals surface area contributed by atoms with Crippen LogP contribution in [0.3, 0.4) is 0 Å². The molecule has 23 unspecified atom stereocenters. The van der Waals surface area contributed by atoms with Crippen molar-refractivity contribution < 1.29 is 76.1 Å². The average molecular weight is 1780 g/mol. The first-order valence-corrected chi connectivity index (χ1v) is 49.2. The lowest BCUT2D eigenvalue weighted by molar-refractivity contribution is -0.183. The average Bonchev–Trinajstić information content (AvgIpc) is 1.60. The molecule has 125 heavy (non-hydrogen) atoms. The highest BCUT2D eigenvalue weighted by molar-refractivity contribution is 5.84. The molecular formula is C109H210O16. The van der Waals surface area contributed by atoms with Gasteiger partial charge >= 0.3 is 35.8 Å². The zero-order valence-electron chi connectivity index (χ0n) is 76.3. The molecule has 0 N–H and O–H groups in total. The van der Waals surface area contributed by atoms with Crippen LogP contribution in [-0.4, -0.2) is 120 Å². The van der Waals surface area contributed by atoms with Crippen molar-refractivity contribution in [2.45, 2.75) is 563 Å². The summed E-state index contributed by atoms with van der Waals surface area (Å²) in [6.07, 6.45) is 51.7. The summed E-state index contributed by atoms with van der Waals surface area (Å²) < 4.78 is 60.3. The maximum absolute atomic E-state index is 13.7. The van der Waals surface area contributed by atoms with Crippen molar-refractivity contribution in [2.75, 3.05) is 13.7 Å². The molecule has 742 valence electrons. The summed E-state index contributed by atoms with van der Waals surface area (Å²) in [6.45, 7) is 35.2. The molecule has 0 radical (unpaired) electrons. The van der Waals surface area contributed by atoms with Gasteiger partial charge in [0.05, 0.1) is 79.7 Å². The van der Waals surface area contributed by atoms with Crippen LogP contribution in [0.25, 0.3) is 0 Å². The third-order valence-corrected chi connectivity index (χ3v) is 33.3.